The molecule has 1 saturated carbocycles. The molecular formula is C32H33ClN6O4. The molecule has 1 aromatic heterocycles. The summed E-state index contributed by atoms with van der Waals surface area (Å²) in [6.07, 6.45) is 1.64. The minimum Gasteiger partial charge on any atom is -0.465 e. The Morgan fingerprint density at radius 1 is 1.14 bits per heavy atom. The van der Waals surface area contributed by atoms with E-state index < -0.39 is 5.97 Å². The van der Waals surface area contributed by atoms with Gasteiger partial charge in [-0.3, -0.25) is 4.79 Å². The molecule has 2 atom stereocenters. The number of fused-ring (bicyclic) bond motifs is 1. The smallest absolute Gasteiger partial charge is 0.331 e. The van der Waals surface area contributed by atoms with E-state index in [1.165, 1.54) is 4.68 Å². The molecule has 1 N–H and O–H groups in total. The van der Waals surface area contributed by atoms with Gasteiger partial charge in [-0.15, -0.1) is 5.10 Å². The van der Waals surface area contributed by atoms with E-state index in [9.17, 15) is 9.59 Å². The summed E-state index contributed by atoms with van der Waals surface area (Å²) in [5, 5.41) is 7.88. The average Bonchev–Trinajstić information content (AvgIpc) is 3.53. The lowest BCUT2D eigenvalue weighted by Gasteiger charge is -2.37. The van der Waals surface area contributed by atoms with Gasteiger partial charge in [-0.05, 0) is 55.7 Å². The minimum absolute atomic E-state index is 0.00956. The normalized spacial score (nSPS) is 22.2. The molecule has 1 aliphatic carbocycles. The van der Waals surface area contributed by atoms with E-state index >= 15 is 0 Å². The Hall–Kier alpha value is -4.49. The van der Waals surface area contributed by atoms with Gasteiger partial charge in [0, 0.05) is 11.3 Å². The number of carbonyl (C=O) groups is 2. The molecule has 2 aliphatic rings. The third-order valence-electron chi connectivity index (χ3n) is 7.66. The number of aliphatic imine (C=N–C) groups is 1. The van der Waals surface area contributed by atoms with Crippen molar-refractivity contribution in [3.63, 3.8) is 0 Å². The van der Waals surface area contributed by atoms with Gasteiger partial charge in [0.25, 0.3) is 0 Å². The molecule has 10 nitrogen and oxygen atoms in total. The first-order valence-corrected chi connectivity index (χ1v) is 14.7. The van der Waals surface area contributed by atoms with Gasteiger partial charge in [0.15, 0.2) is 17.5 Å². The van der Waals surface area contributed by atoms with Crippen LogP contribution in [0.25, 0.3) is 21.8 Å². The van der Waals surface area contributed by atoms with Gasteiger partial charge < -0.3 is 14.8 Å². The van der Waals surface area contributed by atoms with Crippen molar-refractivity contribution in [1.82, 2.24) is 14.8 Å². The fourth-order valence-electron chi connectivity index (χ4n) is 5.86. The monoisotopic (exact) mass is 600 g/mol. The van der Waals surface area contributed by atoms with Crippen LogP contribution < -0.4 is 5.32 Å². The van der Waals surface area contributed by atoms with E-state index in [1.54, 1.807) is 25.1 Å². The SMILES string of the molecule is [C-]#[N+]C1=C(C(=O)OC2C(C)CC(C)CC2C)c2nc(-c3ccccc3)nn2C1=Nc1ccc(NCC(=O)OCC)cc1Cl. The van der Waals surface area contributed by atoms with Gasteiger partial charge in [-0.1, -0.05) is 62.7 Å². The number of halogens is 1. The number of nitrogens with zero attached hydrogens (tertiary/aromatic N) is 5. The van der Waals surface area contributed by atoms with Crippen LogP contribution >= 0.6 is 11.6 Å². The summed E-state index contributed by atoms with van der Waals surface area (Å²) >= 11 is 6.58. The Balaban J connectivity index is 1.53. The molecule has 0 spiro atoms. The van der Waals surface area contributed by atoms with Gasteiger partial charge in [0.05, 0.1) is 23.9 Å². The summed E-state index contributed by atoms with van der Waals surface area (Å²) in [4.78, 5) is 38.6. The first-order chi connectivity index (χ1) is 20.7. The highest BCUT2D eigenvalue weighted by molar-refractivity contribution is 6.34. The summed E-state index contributed by atoms with van der Waals surface area (Å²) in [5.74, 6) is 0.614. The Labute approximate surface area is 255 Å². The molecule has 5 rings (SSSR count). The standard InChI is InChI=1S/C32H33ClN6O4/c1-6-42-25(40)17-35-22-12-13-24(23(33)16-22)36-31-27(34-5)26(32(41)43-28-19(3)14-18(2)15-20(28)4)30-37-29(38-39(30)31)21-10-8-7-9-11-21/h7-13,16,18-20,28,35H,6,14-15,17H2,1-4H3. The molecule has 0 radical (unpaired) electrons. The molecular weight excluding hydrogens is 568 g/mol. The fraction of sp³-hybridized carbons (Fsp3) is 0.375. The molecule has 1 fully saturated rings. The van der Waals surface area contributed by atoms with Crippen LogP contribution in [0.15, 0.2) is 59.2 Å². The summed E-state index contributed by atoms with van der Waals surface area (Å²) in [6, 6.07) is 14.3. The number of allylic oxidation sites excluding steroid dienone is 1. The maximum Gasteiger partial charge on any atom is 0.331 e. The van der Waals surface area contributed by atoms with Crippen molar-refractivity contribution >= 4 is 46.3 Å². The maximum absolute atomic E-state index is 13.8. The van der Waals surface area contributed by atoms with Gasteiger partial charge in [-0.25, -0.2) is 24.3 Å². The Kier molecular flexibility index (Phi) is 8.92. The van der Waals surface area contributed by atoms with Crippen LogP contribution in [-0.2, 0) is 19.1 Å². The first kappa shape index (κ1) is 30.0. The molecule has 2 heterocycles. The summed E-state index contributed by atoms with van der Waals surface area (Å²) in [7, 11) is 0. The van der Waals surface area contributed by atoms with E-state index in [0.29, 0.717) is 23.1 Å². The van der Waals surface area contributed by atoms with E-state index in [4.69, 9.17) is 27.6 Å². The largest absolute Gasteiger partial charge is 0.465 e. The Bertz CT molecular complexity index is 1630. The molecule has 43 heavy (non-hydrogen) atoms. The highest BCUT2D eigenvalue weighted by atomic mass is 35.5. The van der Waals surface area contributed by atoms with E-state index in [2.05, 4.69) is 46.0 Å². The summed E-state index contributed by atoms with van der Waals surface area (Å²) < 4.78 is 12.5. The summed E-state index contributed by atoms with van der Waals surface area (Å²) in [5.41, 5.74) is 1.71. The van der Waals surface area contributed by atoms with Gasteiger partial charge >= 0.3 is 11.9 Å². The number of esters is 2. The minimum atomic E-state index is -0.618. The molecule has 2 aromatic carbocycles. The lowest BCUT2D eigenvalue weighted by atomic mass is 9.75. The lowest BCUT2D eigenvalue weighted by molar-refractivity contribution is -0.150. The van der Waals surface area contributed by atoms with E-state index in [-0.39, 0.29) is 65.0 Å². The van der Waals surface area contributed by atoms with E-state index in [1.807, 2.05) is 30.3 Å². The molecule has 2 unspecified atom stereocenters. The molecule has 1 aliphatic heterocycles. The van der Waals surface area contributed by atoms with Crippen LogP contribution in [0.1, 0.15) is 46.4 Å². The highest BCUT2D eigenvalue weighted by Gasteiger charge is 2.40. The van der Waals surface area contributed by atoms with Crippen molar-refractivity contribution in [1.29, 1.82) is 0 Å². The summed E-state index contributed by atoms with van der Waals surface area (Å²) in [6.45, 7) is 16.4. The van der Waals surface area contributed by atoms with Crippen molar-refractivity contribution in [3.05, 3.63) is 76.5 Å². The number of benzene rings is 2. The number of anilines is 1. The third kappa shape index (κ3) is 6.32. The number of nitrogens with one attached hydrogen (secondary N) is 1. The Morgan fingerprint density at radius 2 is 1.86 bits per heavy atom. The predicted octanol–water partition coefficient (Wildman–Crippen LogP) is 6.41. The quantitative estimate of drug-likeness (QED) is 0.235. The fourth-order valence-corrected chi connectivity index (χ4v) is 6.08. The van der Waals surface area contributed by atoms with Gasteiger partial charge in [0.1, 0.15) is 18.2 Å². The lowest BCUT2D eigenvalue weighted by Crippen LogP contribution is -2.37. The molecule has 11 heteroatoms. The molecule has 0 saturated heterocycles. The number of hydrogen-bond acceptors (Lipinski definition) is 8. The van der Waals surface area contributed by atoms with Crippen molar-refractivity contribution in [2.24, 2.45) is 22.7 Å². The maximum atomic E-state index is 13.8. The zero-order valence-electron chi connectivity index (χ0n) is 24.5. The van der Waals surface area contributed by atoms with Crippen LogP contribution in [0.5, 0.6) is 0 Å². The molecule has 3 aromatic rings. The first-order valence-electron chi connectivity index (χ1n) is 14.3. The Morgan fingerprint density at radius 3 is 2.51 bits per heavy atom. The predicted molar refractivity (Wildman–Crippen MR) is 165 cm³/mol. The van der Waals surface area contributed by atoms with E-state index in [0.717, 1.165) is 18.4 Å². The molecule has 222 valence electrons. The number of ether oxygens (including phenoxy) is 2. The zero-order valence-corrected chi connectivity index (χ0v) is 25.3. The number of rotatable bonds is 8. The number of aromatic nitrogens is 3. The van der Waals surface area contributed by atoms with Crippen LogP contribution in [-0.4, -0.2) is 51.8 Å². The zero-order chi connectivity index (χ0) is 30.7. The van der Waals surface area contributed by atoms with Crippen LogP contribution in [0.3, 0.4) is 0 Å². The second-order valence-corrected chi connectivity index (χ2v) is 11.4. The highest BCUT2D eigenvalue weighted by Crippen LogP contribution is 2.38. The van der Waals surface area contributed by atoms with Crippen LogP contribution in [0, 0.1) is 24.3 Å². The van der Waals surface area contributed by atoms with Crippen molar-refractivity contribution < 1.29 is 19.1 Å². The topological polar surface area (TPSA) is 112 Å². The van der Waals surface area contributed by atoms with Crippen molar-refractivity contribution in [2.45, 2.75) is 46.6 Å². The second-order valence-electron chi connectivity index (χ2n) is 11.0. The van der Waals surface area contributed by atoms with Crippen LogP contribution in [0.2, 0.25) is 5.02 Å². The van der Waals surface area contributed by atoms with Crippen molar-refractivity contribution in [2.75, 3.05) is 18.5 Å². The molecule has 0 bridgehead atoms. The number of carbonyl (C=O) groups excluding carboxylic acids is 2. The van der Waals surface area contributed by atoms with Crippen molar-refractivity contribution in [3.8, 4) is 11.4 Å². The van der Waals surface area contributed by atoms with Crippen LogP contribution in [0.4, 0.5) is 11.4 Å². The third-order valence-corrected chi connectivity index (χ3v) is 7.96. The average molecular weight is 601 g/mol. The number of hydrogen-bond donors (Lipinski definition) is 1. The van der Waals surface area contributed by atoms with Gasteiger partial charge in [-0.2, -0.15) is 0 Å². The second kappa shape index (κ2) is 12.8. The van der Waals surface area contributed by atoms with Gasteiger partial charge in [0.2, 0.25) is 5.70 Å². The molecule has 0 amide bonds.